The van der Waals surface area contributed by atoms with Crippen LogP contribution in [0.25, 0.3) is 0 Å². The molecule has 0 aromatic rings. The molecule has 0 saturated carbocycles. The largest absolute Gasteiger partial charge is 3.00 e. The number of aliphatic hydroxyl groups is 8. The van der Waals surface area contributed by atoms with Crippen LogP contribution in [0.2, 0.25) is 0 Å². The van der Waals surface area contributed by atoms with Crippen LogP contribution in [0.1, 0.15) is 27.7 Å². The summed E-state index contributed by atoms with van der Waals surface area (Å²) in [5.74, 6) is -10.5. The summed E-state index contributed by atoms with van der Waals surface area (Å²) in [4.78, 5) is 116. The average Bonchev–Trinajstić information content (AvgIpc) is 3.23. The van der Waals surface area contributed by atoms with E-state index in [0.717, 1.165) is 47.3 Å². The molecule has 0 bridgehead atoms. The summed E-state index contributed by atoms with van der Waals surface area (Å²) in [6.45, 7) is -3.11. The molecule has 0 saturated heterocycles. The summed E-state index contributed by atoms with van der Waals surface area (Å²) in [5.41, 5.74) is 0. The van der Waals surface area contributed by atoms with Gasteiger partial charge in [-0.05, 0) is 27.7 Å². The fraction of sp³-hybridized carbons (Fsp3) is 0.763. The molecule has 0 fully saturated rings. The van der Waals surface area contributed by atoms with Gasteiger partial charge in [-0.1, -0.05) is 0 Å². The van der Waals surface area contributed by atoms with Crippen molar-refractivity contribution < 1.29 is 139 Å². The minimum Gasteiger partial charge on any atom is -0.549 e. The van der Waals surface area contributed by atoms with E-state index in [1.807, 2.05) is 0 Å². The molecule has 1 radical (unpaired) electrons. The Morgan fingerprint density at radius 1 is 0.368 bits per heavy atom. The first-order chi connectivity index (χ1) is 31.2. The molecule has 0 aliphatic heterocycles. The Labute approximate surface area is 424 Å². The van der Waals surface area contributed by atoms with Crippen LogP contribution in [0, 0.1) is 39.9 Å². The number of carbonyl (C=O) groups excluding carboxylic acids is 9. The first-order valence-corrected chi connectivity index (χ1v) is 21.1. The summed E-state index contributed by atoms with van der Waals surface area (Å²) < 4.78 is 0. The summed E-state index contributed by atoms with van der Waals surface area (Å²) in [5, 5.41) is 122. The molecule has 8 atom stereocenters. The molecular weight excluding hydrogens is 1060 g/mol. The van der Waals surface area contributed by atoms with Gasteiger partial charge in [0, 0.05) is 98.2 Å². The van der Waals surface area contributed by atoms with Gasteiger partial charge in [0.2, 0.25) is 11.8 Å². The van der Waals surface area contributed by atoms with Crippen molar-refractivity contribution in [2.24, 2.45) is 0 Å². The second-order valence-electron chi connectivity index (χ2n) is 15.5. The van der Waals surface area contributed by atoms with Crippen LogP contribution in [0.5, 0.6) is 0 Å². The van der Waals surface area contributed by atoms with Crippen molar-refractivity contribution in [1.29, 1.82) is 0 Å². The normalized spacial score (nSPS) is 14.8. The Hall–Kier alpha value is -3.89. The quantitative estimate of drug-likeness (QED) is 0.0277. The monoisotopic (exact) mass is 1130 g/mol. The summed E-state index contributed by atoms with van der Waals surface area (Å²) in [7, 11) is 0. The number of hydrogen-bond donors (Lipinski definition) is 12. The third-order valence-electron chi connectivity index (χ3n) is 9.57. The van der Waals surface area contributed by atoms with Crippen molar-refractivity contribution in [2.45, 2.75) is 76.5 Å². The molecule has 0 spiro atoms. The number of aliphatic hydroxyl groups excluding tert-OH is 8. The minimum atomic E-state index is -1.81. The van der Waals surface area contributed by atoms with Gasteiger partial charge in [0.1, 0.15) is 0 Å². The predicted molar refractivity (Wildman–Crippen MR) is 220 cm³/mol. The average molecular weight is 1130 g/mol. The van der Waals surface area contributed by atoms with Crippen LogP contribution in [0.15, 0.2) is 0 Å². The Morgan fingerprint density at radius 3 is 0.779 bits per heavy atom. The first kappa shape index (κ1) is 66.2. The van der Waals surface area contributed by atoms with E-state index in [9.17, 15) is 99.3 Å². The zero-order chi connectivity index (χ0) is 51.6. The van der Waals surface area contributed by atoms with Crippen molar-refractivity contribution >= 4 is 53.4 Å². The summed E-state index contributed by atoms with van der Waals surface area (Å²) in [6.07, 6.45) is -13.0. The van der Waals surface area contributed by atoms with E-state index in [2.05, 4.69) is 21.3 Å². The van der Waals surface area contributed by atoms with Crippen LogP contribution < -0.4 is 36.6 Å². The van der Waals surface area contributed by atoms with E-state index in [0.29, 0.717) is 0 Å². The third kappa shape index (κ3) is 28.6. The van der Waals surface area contributed by atoms with Crippen molar-refractivity contribution in [2.75, 3.05) is 111 Å². The van der Waals surface area contributed by atoms with Gasteiger partial charge in [0.25, 0.3) is 23.6 Å². The Kier molecular flexibility index (Phi) is 34.3. The molecular formula is C38H66GdN9O20. The minimum absolute atomic E-state index is 0. The molecule has 0 heterocycles. The smallest absolute Gasteiger partial charge is 0.549 e. The molecule has 0 unspecified atom stereocenters. The van der Waals surface area contributed by atoms with Crippen LogP contribution >= 0.6 is 0 Å². The maximum Gasteiger partial charge on any atom is 3.00 e. The number of amides is 6. The Morgan fingerprint density at radius 2 is 0.574 bits per heavy atom. The van der Waals surface area contributed by atoms with Gasteiger partial charge in [-0.15, -0.1) is 0 Å². The molecule has 0 aliphatic carbocycles. The molecule has 68 heavy (non-hydrogen) atoms. The molecule has 0 rings (SSSR count). The van der Waals surface area contributed by atoms with Gasteiger partial charge < -0.3 is 102 Å². The molecule has 0 aliphatic rings. The fourth-order valence-electron chi connectivity index (χ4n) is 5.67. The van der Waals surface area contributed by atoms with Crippen molar-refractivity contribution in [3.8, 4) is 0 Å². The van der Waals surface area contributed by atoms with E-state index < -0.39 is 135 Å². The maximum absolute atomic E-state index is 13.5. The second kappa shape index (κ2) is 35.3. The standard InChI is InChI=1S/C38H69N9O20.Gd/c1-22(48)31(60)35(64)39-5-9-46(10-6-40-36(65)32(61)23(2)49)26(52)17-44(20-29(56)57)15-13-43(19-28(54)55)14-16-45(21-30(58)59)18-27(53)47(11-7-41-37(66)33(62)24(3)50)12-8-42-38(67)34(63)25(4)51;/h22-25,31-34,48-51,60-63H,5-21H2,1-4H3,(H,39,64)(H,40,65)(H,41,66)(H,42,67)(H,54,55)(H,56,57)(H,58,59);/q;+3/p-3/t22-,23-,24-,25-,31+,32+,33+,34+;/m1./s1. The summed E-state index contributed by atoms with van der Waals surface area (Å²) in [6, 6.07) is 0. The van der Waals surface area contributed by atoms with Gasteiger partial charge in [-0.25, -0.2) is 0 Å². The summed E-state index contributed by atoms with van der Waals surface area (Å²) >= 11 is 0. The van der Waals surface area contributed by atoms with Crippen LogP contribution in [-0.4, -0.2) is 279 Å². The van der Waals surface area contributed by atoms with Crippen molar-refractivity contribution in [1.82, 2.24) is 45.8 Å². The number of aliphatic carboxylic acids is 3. The number of carboxylic acids is 3. The van der Waals surface area contributed by atoms with E-state index in [4.69, 9.17) is 0 Å². The number of nitrogens with zero attached hydrogens (tertiary/aromatic N) is 5. The maximum atomic E-state index is 13.5. The van der Waals surface area contributed by atoms with Crippen molar-refractivity contribution in [3.05, 3.63) is 0 Å². The fourth-order valence-corrected chi connectivity index (χ4v) is 5.67. The van der Waals surface area contributed by atoms with Gasteiger partial charge >= 0.3 is 39.9 Å². The molecule has 30 heteroatoms. The van der Waals surface area contributed by atoms with Crippen molar-refractivity contribution in [3.63, 3.8) is 0 Å². The Bertz CT molecular complexity index is 1440. The van der Waals surface area contributed by atoms with E-state index in [1.54, 1.807) is 0 Å². The number of hydrogen-bond acceptors (Lipinski definition) is 23. The van der Waals surface area contributed by atoms with Gasteiger partial charge in [-0.3, -0.25) is 43.5 Å². The molecule has 6 amide bonds. The number of nitrogens with one attached hydrogen (secondary N) is 4. The zero-order valence-corrected chi connectivity index (χ0v) is 40.5. The third-order valence-corrected chi connectivity index (χ3v) is 9.57. The van der Waals surface area contributed by atoms with Gasteiger partial charge in [0.05, 0.1) is 55.4 Å². The molecule has 0 aromatic heterocycles. The van der Waals surface area contributed by atoms with Crippen LogP contribution in [0.4, 0.5) is 0 Å². The molecule has 12 N–H and O–H groups in total. The van der Waals surface area contributed by atoms with E-state index >= 15 is 0 Å². The van der Waals surface area contributed by atoms with E-state index in [1.165, 1.54) is 4.90 Å². The number of carboxylic acid groups (broad SMARTS) is 3. The topological polar surface area (TPSA) is 449 Å². The SMILES string of the molecule is C[C@@H](O)[C@H](O)C(=O)NCCN(CCNC(=O)[C@@H](O)[C@@H](C)O)C(=O)CN(CCN(CCN(CC(=O)[O-])CC(=O)N(CCNC(=O)[C@@H](O)[C@@H](C)O)CCNC(=O)[C@@H](O)[C@@H](C)O)CC(=O)[O-])CC(=O)[O-].[Gd+3]. The first-order valence-electron chi connectivity index (χ1n) is 21.1. The molecule has 0 aromatic carbocycles. The van der Waals surface area contributed by atoms with Gasteiger partial charge in [0.15, 0.2) is 24.4 Å². The number of rotatable bonds is 36. The zero-order valence-electron chi connectivity index (χ0n) is 38.2. The van der Waals surface area contributed by atoms with Crippen LogP contribution in [-0.2, 0) is 43.2 Å². The molecule has 391 valence electrons. The van der Waals surface area contributed by atoms with E-state index in [-0.39, 0.29) is 118 Å². The second-order valence-corrected chi connectivity index (χ2v) is 15.5. The predicted octanol–water partition coefficient (Wildman–Crippen LogP) is -13.8. The van der Waals surface area contributed by atoms with Gasteiger partial charge in [-0.2, -0.15) is 0 Å². The number of carbonyl (C=O) groups is 9. The van der Waals surface area contributed by atoms with Crippen LogP contribution in [0.3, 0.4) is 0 Å². The Balaban J connectivity index is 0. The molecule has 29 nitrogen and oxygen atoms in total.